The van der Waals surface area contributed by atoms with Crippen LogP contribution in [0.2, 0.25) is 0 Å². The zero-order valence-electron chi connectivity index (χ0n) is 19.2. The number of nitrogens with zero attached hydrogens (tertiary/aromatic N) is 1. The summed E-state index contributed by atoms with van der Waals surface area (Å²) < 4.78 is 5.65. The molecule has 1 aromatic rings. The van der Waals surface area contributed by atoms with E-state index in [0.29, 0.717) is 23.0 Å². The molecule has 6 heteroatoms. The molecule has 1 atom stereocenters. The second-order valence-electron chi connectivity index (χ2n) is 8.96. The van der Waals surface area contributed by atoms with Gasteiger partial charge in [-0.25, -0.2) is 4.79 Å². The molecule has 30 heavy (non-hydrogen) atoms. The maximum absolute atomic E-state index is 12.0. The molecule has 0 aliphatic heterocycles. The topological polar surface area (TPSA) is 69.6 Å². The van der Waals surface area contributed by atoms with E-state index in [2.05, 4.69) is 37.8 Å². The van der Waals surface area contributed by atoms with E-state index < -0.39 is 13.7 Å². The molecule has 0 saturated heterocycles. The van der Waals surface area contributed by atoms with E-state index in [1.54, 1.807) is 0 Å². The van der Waals surface area contributed by atoms with Crippen LogP contribution in [0.5, 0.6) is 0 Å². The Morgan fingerprint density at radius 2 is 1.83 bits per heavy atom. The summed E-state index contributed by atoms with van der Waals surface area (Å²) in [5.74, 6) is -0.427. The number of carbonyl (C=O) groups is 1. The van der Waals surface area contributed by atoms with Crippen molar-refractivity contribution < 1.29 is 24.0 Å². The summed E-state index contributed by atoms with van der Waals surface area (Å²) in [6, 6.07) is 8.66. The van der Waals surface area contributed by atoms with E-state index in [4.69, 9.17) is 4.74 Å². The monoisotopic (exact) mass is 436 g/mol. The number of hydrogen-bond acceptors (Lipinski definition) is 3. The smallest absolute Gasteiger partial charge is 0.333 e. The Labute approximate surface area is 183 Å². The van der Waals surface area contributed by atoms with Gasteiger partial charge in [-0.2, -0.15) is 0 Å². The standard InChI is InChI=1S/C24H38NO4P/c1-20-12-11-15-22(18-20)14-10-8-6-7-9-13-21(2)24(27)29-16-17-30(28)23(26)19-25(3,4)5/h11-12,15,18H,2,6-10,13-14,16-17,19H2,1,3-5H3/p+1. The molecular formula is C24H39NO4P+. The molecule has 0 aliphatic rings. The van der Waals surface area contributed by atoms with Gasteiger partial charge < -0.3 is 19.2 Å². The summed E-state index contributed by atoms with van der Waals surface area (Å²) in [6.07, 6.45) is 7.39. The maximum atomic E-state index is 12.0. The third-order valence-corrected chi connectivity index (χ3v) is 6.05. The van der Waals surface area contributed by atoms with Crippen LogP contribution >= 0.6 is 7.77 Å². The number of ether oxygens (including phenoxy) is 1. The zero-order valence-corrected chi connectivity index (χ0v) is 20.0. The van der Waals surface area contributed by atoms with Gasteiger partial charge >= 0.3 is 5.97 Å². The van der Waals surface area contributed by atoms with Crippen molar-refractivity contribution in [2.75, 3.05) is 40.5 Å². The Hall–Kier alpha value is -1.52. The quantitative estimate of drug-likeness (QED) is 0.158. The molecule has 0 aliphatic carbocycles. The summed E-state index contributed by atoms with van der Waals surface area (Å²) in [4.78, 5) is 24.0. The first-order valence-electron chi connectivity index (χ1n) is 10.8. The van der Waals surface area contributed by atoms with Crippen molar-refractivity contribution in [2.45, 2.75) is 51.9 Å². The van der Waals surface area contributed by atoms with Gasteiger partial charge in [-0.3, -0.25) is 0 Å². The molecular weight excluding hydrogens is 397 g/mol. The van der Waals surface area contributed by atoms with E-state index in [1.165, 1.54) is 24.0 Å². The van der Waals surface area contributed by atoms with E-state index in [9.17, 15) is 14.8 Å². The number of unbranched alkanes of at least 4 members (excludes halogenated alkanes) is 4. The Morgan fingerprint density at radius 3 is 2.50 bits per heavy atom. The number of esters is 1. The highest BCUT2D eigenvalue weighted by atomic mass is 31.1. The summed E-state index contributed by atoms with van der Waals surface area (Å²) >= 11 is 0. The Kier molecular flexibility index (Phi) is 12.1. The minimum Gasteiger partial charge on any atom is -0.628 e. The highest BCUT2D eigenvalue weighted by Gasteiger charge is 2.18. The van der Waals surface area contributed by atoms with Crippen LogP contribution in [0.15, 0.2) is 36.4 Å². The number of quaternary nitrogens is 1. The van der Waals surface area contributed by atoms with Crippen molar-refractivity contribution in [1.29, 1.82) is 0 Å². The van der Waals surface area contributed by atoms with Crippen LogP contribution in [0, 0.1) is 6.92 Å². The van der Waals surface area contributed by atoms with Gasteiger partial charge in [-0.05, 0) is 38.2 Å². The van der Waals surface area contributed by atoms with E-state index >= 15 is 0 Å². The summed E-state index contributed by atoms with van der Waals surface area (Å²) in [6.45, 7) is 6.29. The molecule has 0 bridgehead atoms. The van der Waals surface area contributed by atoms with Crippen LogP contribution < -0.4 is 4.89 Å². The molecule has 5 nitrogen and oxygen atoms in total. The molecule has 0 spiro atoms. The van der Waals surface area contributed by atoms with Gasteiger partial charge in [0.25, 0.3) is 5.48 Å². The maximum Gasteiger partial charge on any atom is 0.333 e. The number of aliphatic hydroxyl groups is 1. The molecule has 0 radical (unpaired) electrons. The van der Waals surface area contributed by atoms with Crippen molar-refractivity contribution in [2.24, 2.45) is 0 Å². The summed E-state index contributed by atoms with van der Waals surface area (Å²) in [5.41, 5.74) is 3.14. The van der Waals surface area contributed by atoms with Gasteiger partial charge in [-0.1, -0.05) is 55.7 Å². The number of likely N-dealkylation sites (N-methyl/N-ethyl adjacent to an activating group) is 1. The average molecular weight is 437 g/mol. The lowest BCUT2D eigenvalue weighted by Gasteiger charge is -2.22. The lowest BCUT2D eigenvalue weighted by molar-refractivity contribution is -0.861. The van der Waals surface area contributed by atoms with Gasteiger partial charge in [0, 0.05) is 5.57 Å². The summed E-state index contributed by atoms with van der Waals surface area (Å²) in [7, 11) is 3.84. The van der Waals surface area contributed by atoms with Crippen molar-refractivity contribution in [3.05, 3.63) is 47.5 Å². The first kappa shape index (κ1) is 26.5. The fourth-order valence-corrected chi connectivity index (χ4v) is 4.22. The fourth-order valence-electron chi connectivity index (χ4n) is 3.12. The van der Waals surface area contributed by atoms with Crippen molar-refractivity contribution in [1.82, 2.24) is 0 Å². The molecule has 0 saturated carbocycles. The predicted octanol–water partition coefficient (Wildman–Crippen LogP) is 3.94. The van der Waals surface area contributed by atoms with Crippen LogP contribution in [0.3, 0.4) is 0 Å². The van der Waals surface area contributed by atoms with Crippen LogP contribution in [-0.4, -0.2) is 61.5 Å². The van der Waals surface area contributed by atoms with Gasteiger partial charge in [0.15, 0.2) is 6.54 Å². The van der Waals surface area contributed by atoms with Crippen LogP contribution in [0.4, 0.5) is 0 Å². The Bertz CT molecular complexity index is 722. The predicted molar refractivity (Wildman–Crippen MR) is 124 cm³/mol. The number of aryl methyl sites for hydroxylation is 2. The van der Waals surface area contributed by atoms with Gasteiger partial charge in [0.05, 0.1) is 28.9 Å². The SMILES string of the molecule is C=C(CCCCCCCc1cccc(C)c1)C(=O)OCC[P+]([O-])=C(O)C[N+](C)(C)C. The van der Waals surface area contributed by atoms with Crippen molar-refractivity contribution in [3.8, 4) is 0 Å². The Balaban J connectivity index is 2.12. The van der Waals surface area contributed by atoms with Gasteiger partial charge in [-0.15, -0.1) is 0 Å². The lowest BCUT2D eigenvalue weighted by Crippen LogP contribution is -2.39. The van der Waals surface area contributed by atoms with Crippen molar-refractivity contribution in [3.63, 3.8) is 0 Å². The molecule has 1 N–H and O–H groups in total. The second-order valence-corrected chi connectivity index (χ2v) is 10.7. The fraction of sp³-hybridized carbons (Fsp3) is 0.583. The highest BCUT2D eigenvalue weighted by molar-refractivity contribution is 7.51. The number of hydrogen-bond donors (Lipinski definition) is 1. The van der Waals surface area contributed by atoms with Crippen LogP contribution in [0.25, 0.3) is 0 Å². The molecule has 0 amide bonds. The molecule has 1 rings (SSSR count). The largest absolute Gasteiger partial charge is 0.628 e. The van der Waals surface area contributed by atoms with E-state index in [1.807, 2.05) is 21.1 Å². The van der Waals surface area contributed by atoms with Crippen molar-refractivity contribution >= 4 is 19.2 Å². The molecule has 0 fully saturated rings. The summed E-state index contributed by atoms with van der Waals surface area (Å²) in [5, 5.41) is 9.87. The number of aliphatic hydroxyl groups excluding tert-OH is 1. The highest BCUT2D eigenvalue weighted by Crippen LogP contribution is 2.16. The normalized spacial score (nSPS) is 12.5. The second kappa shape index (κ2) is 13.7. The van der Waals surface area contributed by atoms with Gasteiger partial charge in [0.2, 0.25) is 0 Å². The minimum absolute atomic E-state index is 0.0326. The number of benzene rings is 1. The first-order valence-corrected chi connectivity index (χ1v) is 12.2. The molecule has 0 aromatic heterocycles. The molecule has 1 aromatic carbocycles. The third kappa shape index (κ3) is 12.2. The molecule has 168 valence electrons. The third-order valence-electron chi connectivity index (χ3n) is 4.75. The van der Waals surface area contributed by atoms with Crippen LogP contribution in [-0.2, 0) is 16.0 Å². The number of carbonyl (C=O) groups excluding carboxylic acids is 1. The zero-order chi connectivity index (χ0) is 22.6. The average Bonchev–Trinajstić information content (AvgIpc) is 2.65. The molecule has 0 heterocycles. The minimum atomic E-state index is -1.89. The van der Waals surface area contributed by atoms with Gasteiger partial charge in [0.1, 0.15) is 12.8 Å². The lowest BCUT2D eigenvalue weighted by atomic mass is 10.0. The Morgan fingerprint density at radius 1 is 1.17 bits per heavy atom. The number of rotatable bonds is 14. The van der Waals surface area contributed by atoms with E-state index in [-0.39, 0.29) is 18.2 Å². The van der Waals surface area contributed by atoms with E-state index in [0.717, 1.165) is 25.7 Å². The first-order chi connectivity index (χ1) is 14.1. The molecule has 1 unspecified atom stereocenters. The van der Waals surface area contributed by atoms with Crippen LogP contribution in [0.1, 0.15) is 49.7 Å².